The predicted molar refractivity (Wildman–Crippen MR) is 68.0 cm³/mol. The summed E-state index contributed by atoms with van der Waals surface area (Å²) in [6.07, 6.45) is 5.59. The summed E-state index contributed by atoms with van der Waals surface area (Å²) in [6, 6.07) is 0.675. The van der Waals surface area contributed by atoms with E-state index in [2.05, 4.69) is 47.0 Å². The molecule has 1 nitrogen and oxygen atoms in total. The Morgan fingerprint density at radius 1 is 1.13 bits per heavy atom. The normalized spacial score (nSPS) is 25.2. The lowest BCUT2D eigenvalue weighted by Gasteiger charge is -2.43. The molecule has 1 fully saturated rings. The van der Waals surface area contributed by atoms with E-state index in [0.717, 1.165) is 5.92 Å². The molecule has 1 unspecified atom stereocenters. The van der Waals surface area contributed by atoms with Gasteiger partial charge in [0.05, 0.1) is 0 Å². The second kappa shape index (κ2) is 4.45. The molecule has 1 N–H and O–H groups in total. The average molecular weight is 211 g/mol. The van der Waals surface area contributed by atoms with Gasteiger partial charge in [-0.2, -0.15) is 0 Å². The summed E-state index contributed by atoms with van der Waals surface area (Å²) < 4.78 is 0. The van der Waals surface area contributed by atoms with Crippen molar-refractivity contribution >= 4 is 0 Å². The van der Waals surface area contributed by atoms with Crippen molar-refractivity contribution in [3.63, 3.8) is 0 Å². The molecule has 0 heterocycles. The van der Waals surface area contributed by atoms with E-state index < -0.39 is 0 Å². The molecule has 1 atom stereocenters. The zero-order valence-corrected chi connectivity index (χ0v) is 11.5. The number of hydrogen-bond donors (Lipinski definition) is 1. The monoisotopic (exact) mass is 211 g/mol. The molecular weight excluding hydrogens is 182 g/mol. The van der Waals surface area contributed by atoms with Crippen LogP contribution in [0, 0.1) is 16.7 Å². The van der Waals surface area contributed by atoms with Gasteiger partial charge in [0.1, 0.15) is 0 Å². The minimum atomic E-state index is 0.390. The summed E-state index contributed by atoms with van der Waals surface area (Å²) in [6.45, 7) is 11.9. The largest absolute Gasteiger partial charge is 0.316 e. The second-order valence-electron chi connectivity index (χ2n) is 7.13. The number of nitrogens with one attached hydrogen (secondary N) is 1. The van der Waals surface area contributed by atoms with Crippen molar-refractivity contribution in [2.45, 2.75) is 66.3 Å². The topological polar surface area (TPSA) is 12.0 Å². The maximum Gasteiger partial charge on any atom is 0.0141 e. The van der Waals surface area contributed by atoms with E-state index in [1.54, 1.807) is 0 Å². The maximum atomic E-state index is 3.54. The van der Waals surface area contributed by atoms with Gasteiger partial charge in [-0.05, 0) is 49.5 Å². The molecule has 0 aromatic rings. The maximum absolute atomic E-state index is 3.54. The van der Waals surface area contributed by atoms with E-state index in [1.807, 2.05) is 0 Å². The third-order valence-electron chi connectivity index (χ3n) is 4.10. The molecule has 0 aromatic carbocycles. The van der Waals surface area contributed by atoms with Crippen LogP contribution in [-0.2, 0) is 0 Å². The highest BCUT2D eigenvalue weighted by Gasteiger charge is 2.35. The first kappa shape index (κ1) is 13.0. The van der Waals surface area contributed by atoms with Crippen molar-refractivity contribution in [3.05, 3.63) is 0 Å². The standard InChI is InChI=1S/C14H29N/c1-13(2,3)12(15-6)11-7-9-14(4,5)10-8-11/h11-12,15H,7-10H2,1-6H3. The van der Waals surface area contributed by atoms with Crippen LogP contribution in [0.15, 0.2) is 0 Å². The molecule has 15 heavy (non-hydrogen) atoms. The molecule has 0 radical (unpaired) electrons. The van der Waals surface area contributed by atoms with E-state index in [9.17, 15) is 0 Å². The highest BCUT2D eigenvalue weighted by molar-refractivity contribution is 4.90. The van der Waals surface area contributed by atoms with Crippen molar-refractivity contribution in [1.82, 2.24) is 5.32 Å². The number of rotatable bonds is 2. The van der Waals surface area contributed by atoms with Crippen LogP contribution in [0.3, 0.4) is 0 Å². The summed E-state index contributed by atoms with van der Waals surface area (Å²) in [5.74, 6) is 0.878. The summed E-state index contributed by atoms with van der Waals surface area (Å²) >= 11 is 0. The van der Waals surface area contributed by atoms with Crippen LogP contribution >= 0.6 is 0 Å². The Kier molecular flexibility index (Phi) is 3.86. The van der Waals surface area contributed by atoms with E-state index in [1.165, 1.54) is 25.7 Å². The van der Waals surface area contributed by atoms with Gasteiger partial charge in [0.15, 0.2) is 0 Å². The molecule has 1 heteroatoms. The van der Waals surface area contributed by atoms with E-state index >= 15 is 0 Å². The molecule has 1 saturated carbocycles. The zero-order valence-electron chi connectivity index (χ0n) is 11.5. The summed E-state index contributed by atoms with van der Waals surface area (Å²) in [5, 5.41) is 3.54. The lowest BCUT2D eigenvalue weighted by atomic mass is 9.67. The SMILES string of the molecule is CNC(C1CCC(C)(C)CC1)C(C)(C)C. The third-order valence-corrected chi connectivity index (χ3v) is 4.10. The molecule has 0 spiro atoms. The molecule has 1 aliphatic carbocycles. The number of hydrogen-bond acceptors (Lipinski definition) is 1. The first-order valence-electron chi connectivity index (χ1n) is 6.43. The van der Waals surface area contributed by atoms with Crippen LogP contribution in [0.4, 0.5) is 0 Å². The van der Waals surface area contributed by atoms with Gasteiger partial charge in [0, 0.05) is 6.04 Å². The Labute approximate surface area is 96.0 Å². The predicted octanol–water partition coefficient (Wildman–Crippen LogP) is 3.84. The molecule has 0 amide bonds. The zero-order chi connectivity index (χ0) is 11.7. The van der Waals surface area contributed by atoms with Crippen molar-refractivity contribution in [2.75, 3.05) is 7.05 Å². The van der Waals surface area contributed by atoms with E-state index in [0.29, 0.717) is 16.9 Å². The summed E-state index contributed by atoms with van der Waals surface area (Å²) in [7, 11) is 2.12. The highest BCUT2D eigenvalue weighted by atomic mass is 14.9. The molecule has 0 aromatic heterocycles. The molecule has 90 valence electrons. The van der Waals surface area contributed by atoms with Crippen LogP contribution in [0.5, 0.6) is 0 Å². The summed E-state index contributed by atoms with van der Waals surface area (Å²) in [5.41, 5.74) is 0.980. The van der Waals surface area contributed by atoms with Gasteiger partial charge in [-0.3, -0.25) is 0 Å². The third kappa shape index (κ3) is 3.48. The Bertz CT molecular complexity index is 190. The fourth-order valence-electron chi connectivity index (χ4n) is 3.13. The van der Waals surface area contributed by atoms with Gasteiger partial charge < -0.3 is 5.32 Å². The summed E-state index contributed by atoms with van der Waals surface area (Å²) in [4.78, 5) is 0. The molecule has 0 saturated heterocycles. The average Bonchev–Trinajstić information content (AvgIpc) is 2.06. The van der Waals surface area contributed by atoms with Gasteiger partial charge in [-0.1, -0.05) is 34.6 Å². The van der Waals surface area contributed by atoms with Crippen LogP contribution < -0.4 is 5.32 Å². The fourth-order valence-corrected chi connectivity index (χ4v) is 3.13. The van der Waals surface area contributed by atoms with Gasteiger partial charge in [-0.15, -0.1) is 0 Å². The minimum Gasteiger partial charge on any atom is -0.316 e. The first-order valence-corrected chi connectivity index (χ1v) is 6.43. The molecule has 0 bridgehead atoms. The second-order valence-corrected chi connectivity index (χ2v) is 7.13. The lowest BCUT2D eigenvalue weighted by Crippen LogP contribution is -2.45. The Hall–Kier alpha value is -0.0400. The fraction of sp³-hybridized carbons (Fsp3) is 1.00. The van der Waals surface area contributed by atoms with Gasteiger partial charge in [-0.25, -0.2) is 0 Å². The molecule has 1 aliphatic rings. The van der Waals surface area contributed by atoms with Gasteiger partial charge >= 0.3 is 0 Å². The van der Waals surface area contributed by atoms with Crippen molar-refractivity contribution < 1.29 is 0 Å². The first-order chi connectivity index (χ1) is 6.76. The lowest BCUT2D eigenvalue weighted by molar-refractivity contribution is 0.114. The van der Waals surface area contributed by atoms with Gasteiger partial charge in [0.25, 0.3) is 0 Å². The van der Waals surface area contributed by atoms with Gasteiger partial charge in [0.2, 0.25) is 0 Å². The van der Waals surface area contributed by atoms with E-state index in [4.69, 9.17) is 0 Å². The quantitative estimate of drug-likeness (QED) is 0.732. The van der Waals surface area contributed by atoms with Crippen LogP contribution in [0.2, 0.25) is 0 Å². The van der Waals surface area contributed by atoms with Crippen molar-refractivity contribution in [2.24, 2.45) is 16.7 Å². The minimum absolute atomic E-state index is 0.390. The van der Waals surface area contributed by atoms with E-state index in [-0.39, 0.29) is 0 Å². The molecular formula is C14H29N. The Balaban J connectivity index is 2.58. The van der Waals surface area contributed by atoms with Crippen molar-refractivity contribution in [1.29, 1.82) is 0 Å². The van der Waals surface area contributed by atoms with Crippen molar-refractivity contribution in [3.8, 4) is 0 Å². The highest BCUT2D eigenvalue weighted by Crippen LogP contribution is 2.42. The molecule has 0 aliphatic heterocycles. The van der Waals surface area contributed by atoms with Crippen LogP contribution in [0.1, 0.15) is 60.3 Å². The smallest absolute Gasteiger partial charge is 0.0141 e. The van der Waals surface area contributed by atoms with Crippen LogP contribution in [-0.4, -0.2) is 13.1 Å². The molecule has 1 rings (SSSR count). The van der Waals surface area contributed by atoms with Crippen LogP contribution in [0.25, 0.3) is 0 Å². The Morgan fingerprint density at radius 3 is 1.93 bits per heavy atom. The Morgan fingerprint density at radius 2 is 1.60 bits per heavy atom.